The lowest BCUT2D eigenvalue weighted by Crippen LogP contribution is -2.42. The highest BCUT2D eigenvalue weighted by Crippen LogP contribution is 2.26. The SMILES string of the molecule is CC(CCc1ccco1)NCC(C(=O)O)C(F)(F)F. The Balaban J connectivity index is 2.35. The van der Waals surface area contributed by atoms with Gasteiger partial charge in [0.1, 0.15) is 5.76 Å². The fourth-order valence-corrected chi connectivity index (χ4v) is 1.58. The number of carboxylic acids is 1. The molecule has 2 atom stereocenters. The van der Waals surface area contributed by atoms with Gasteiger partial charge in [-0.3, -0.25) is 4.79 Å². The van der Waals surface area contributed by atoms with Crippen LogP contribution in [0.2, 0.25) is 0 Å². The lowest BCUT2D eigenvalue weighted by Gasteiger charge is -2.19. The summed E-state index contributed by atoms with van der Waals surface area (Å²) in [5, 5.41) is 11.1. The number of carboxylic acid groups (broad SMARTS) is 1. The molecular weight excluding hydrogens is 263 g/mol. The molecule has 1 rings (SSSR count). The van der Waals surface area contributed by atoms with Crippen molar-refractivity contribution in [3.05, 3.63) is 24.2 Å². The maximum absolute atomic E-state index is 12.4. The number of hydrogen-bond acceptors (Lipinski definition) is 3. The van der Waals surface area contributed by atoms with E-state index in [2.05, 4.69) is 5.32 Å². The molecule has 2 N–H and O–H groups in total. The Bertz CT molecular complexity index is 389. The Hall–Kier alpha value is -1.50. The molecule has 108 valence electrons. The van der Waals surface area contributed by atoms with Gasteiger partial charge in [0.05, 0.1) is 6.26 Å². The van der Waals surface area contributed by atoms with E-state index in [1.54, 1.807) is 19.1 Å². The number of carbonyl (C=O) groups is 1. The first-order valence-corrected chi connectivity index (χ1v) is 5.86. The van der Waals surface area contributed by atoms with Crippen LogP contribution in [-0.4, -0.2) is 29.8 Å². The van der Waals surface area contributed by atoms with Crippen molar-refractivity contribution in [2.75, 3.05) is 6.54 Å². The number of rotatable bonds is 7. The zero-order chi connectivity index (χ0) is 14.5. The van der Waals surface area contributed by atoms with Gasteiger partial charge < -0.3 is 14.8 Å². The van der Waals surface area contributed by atoms with Crippen molar-refractivity contribution < 1.29 is 27.5 Å². The van der Waals surface area contributed by atoms with Crippen molar-refractivity contribution in [2.45, 2.75) is 32.0 Å². The van der Waals surface area contributed by atoms with E-state index in [1.807, 2.05) is 0 Å². The molecule has 0 bridgehead atoms. The van der Waals surface area contributed by atoms with Crippen molar-refractivity contribution in [2.24, 2.45) is 5.92 Å². The molecule has 0 aliphatic carbocycles. The van der Waals surface area contributed by atoms with Gasteiger partial charge in [-0.2, -0.15) is 13.2 Å². The summed E-state index contributed by atoms with van der Waals surface area (Å²) in [6, 6.07) is 3.29. The van der Waals surface area contributed by atoms with Gasteiger partial charge in [-0.1, -0.05) is 0 Å². The van der Waals surface area contributed by atoms with Gasteiger partial charge in [-0.25, -0.2) is 0 Å². The zero-order valence-electron chi connectivity index (χ0n) is 10.4. The van der Waals surface area contributed by atoms with Crippen molar-refractivity contribution >= 4 is 5.97 Å². The summed E-state index contributed by atoms with van der Waals surface area (Å²) in [5.41, 5.74) is 0. The van der Waals surface area contributed by atoms with Crippen molar-refractivity contribution in [1.82, 2.24) is 5.32 Å². The first-order valence-electron chi connectivity index (χ1n) is 5.86. The average molecular weight is 279 g/mol. The fraction of sp³-hybridized carbons (Fsp3) is 0.583. The lowest BCUT2D eigenvalue weighted by molar-refractivity contribution is -0.192. The van der Waals surface area contributed by atoms with Gasteiger partial charge in [0.15, 0.2) is 5.92 Å². The highest BCUT2D eigenvalue weighted by atomic mass is 19.4. The number of furan rings is 1. The highest BCUT2D eigenvalue weighted by Gasteiger charge is 2.44. The third kappa shape index (κ3) is 5.34. The quantitative estimate of drug-likeness (QED) is 0.804. The molecule has 2 unspecified atom stereocenters. The minimum Gasteiger partial charge on any atom is -0.481 e. The molecule has 0 fully saturated rings. The van der Waals surface area contributed by atoms with Crippen molar-refractivity contribution in [3.8, 4) is 0 Å². The zero-order valence-corrected chi connectivity index (χ0v) is 10.4. The number of aliphatic carboxylic acids is 1. The molecule has 0 saturated carbocycles. The molecule has 0 amide bonds. The molecule has 0 aliphatic rings. The summed E-state index contributed by atoms with van der Waals surface area (Å²) in [6.07, 6.45) is -2.06. The van der Waals surface area contributed by atoms with Gasteiger partial charge in [0, 0.05) is 19.0 Å². The monoisotopic (exact) mass is 279 g/mol. The summed E-state index contributed by atoms with van der Waals surface area (Å²) in [4.78, 5) is 10.5. The first kappa shape index (κ1) is 15.6. The van der Waals surface area contributed by atoms with Gasteiger partial charge in [-0.15, -0.1) is 0 Å². The second-order valence-corrected chi connectivity index (χ2v) is 4.36. The molecule has 0 aliphatic heterocycles. The minimum absolute atomic E-state index is 0.227. The normalized spacial score (nSPS) is 15.2. The Morgan fingerprint density at radius 2 is 2.21 bits per heavy atom. The summed E-state index contributed by atoms with van der Waals surface area (Å²) >= 11 is 0. The van der Waals surface area contributed by atoms with E-state index < -0.39 is 24.6 Å². The van der Waals surface area contributed by atoms with Crippen LogP contribution < -0.4 is 5.32 Å². The van der Waals surface area contributed by atoms with E-state index in [9.17, 15) is 18.0 Å². The summed E-state index contributed by atoms with van der Waals surface area (Å²) in [6.45, 7) is 1.08. The van der Waals surface area contributed by atoms with Crippen LogP contribution in [0, 0.1) is 5.92 Å². The Morgan fingerprint density at radius 1 is 1.53 bits per heavy atom. The Kier molecular flexibility index (Phi) is 5.41. The summed E-state index contributed by atoms with van der Waals surface area (Å²) < 4.78 is 42.3. The van der Waals surface area contributed by atoms with E-state index in [1.165, 1.54) is 6.26 Å². The molecule has 19 heavy (non-hydrogen) atoms. The molecule has 0 saturated heterocycles. The first-order chi connectivity index (χ1) is 8.80. The van der Waals surface area contributed by atoms with Crippen LogP contribution in [0.1, 0.15) is 19.1 Å². The fourth-order valence-electron chi connectivity index (χ4n) is 1.58. The van der Waals surface area contributed by atoms with Crippen molar-refractivity contribution in [1.29, 1.82) is 0 Å². The maximum Gasteiger partial charge on any atom is 0.403 e. The summed E-state index contributed by atoms with van der Waals surface area (Å²) in [5.74, 6) is -3.49. The molecule has 1 aromatic rings. The van der Waals surface area contributed by atoms with E-state index in [-0.39, 0.29) is 6.04 Å². The molecule has 1 heterocycles. The minimum atomic E-state index is -4.74. The predicted molar refractivity (Wildman–Crippen MR) is 61.7 cm³/mol. The summed E-state index contributed by atoms with van der Waals surface area (Å²) in [7, 11) is 0. The van der Waals surface area contributed by atoms with Crippen molar-refractivity contribution in [3.63, 3.8) is 0 Å². The van der Waals surface area contributed by atoms with Crippen LogP contribution in [0.25, 0.3) is 0 Å². The smallest absolute Gasteiger partial charge is 0.403 e. The largest absolute Gasteiger partial charge is 0.481 e. The van der Waals surface area contributed by atoms with Crippen LogP contribution in [0.4, 0.5) is 13.2 Å². The molecule has 4 nitrogen and oxygen atoms in total. The maximum atomic E-state index is 12.4. The number of nitrogens with one attached hydrogen (secondary N) is 1. The number of alkyl halides is 3. The van der Waals surface area contributed by atoms with Gasteiger partial charge in [0.25, 0.3) is 0 Å². The third-order valence-corrected chi connectivity index (χ3v) is 2.77. The Labute approximate surface area is 108 Å². The van der Waals surface area contributed by atoms with E-state index in [4.69, 9.17) is 9.52 Å². The van der Waals surface area contributed by atoms with Gasteiger partial charge in [0.2, 0.25) is 0 Å². The van der Waals surface area contributed by atoms with Crippen LogP contribution in [0.15, 0.2) is 22.8 Å². The predicted octanol–water partition coefficient (Wildman–Crippen LogP) is 2.45. The lowest BCUT2D eigenvalue weighted by atomic mass is 10.1. The third-order valence-electron chi connectivity index (χ3n) is 2.77. The standard InChI is InChI=1S/C12H16F3NO3/c1-8(4-5-9-3-2-6-19-9)16-7-10(11(17)18)12(13,14)15/h2-3,6,8,10,16H,4-5,7H2,1H3,(H,17,18). The van der Waals surface area contributed by atoms with Gasteiger partial charge >= 0.3 is 12.1 Å². The number of halogens is 3. The van der Waals surface area contributed by atoms with Crippen LogP contribution >= 0.6 is 0 Å². The second kappa shape index (κ2) is 6.60. The number of hydrogen-bond donors (Lipinski definition) is 2. The molecule has 0 radical (unpaired) electrons. The molecule has 0 aromatic carbocycles. The molecule has 1 aromatic heterocycles. The van der Waals surface area contributed by atoms with Crippen LogP contribution in [0.3, 0.4) is 0 Å². The highest BCUT2D eigenvalue weighted by molar-refractivity contribution is 5.71. The van der Waals surface area contributed by atoms with Gasteiger partial charge in [-0.05, 0) is 25.5 Å². The Morgan fingerprint density at radius 3 is 2.68 bits per heavy atom. The molecule has 7 heteroatoms. The topological polar surface area (TPSA) is 62.5 Å². The molecular formula is C12H16F3NO3. The van der Waals surface area contributed by atoms with E-state index >= 15 is 0 Å². The van der Waals surface area contributed by atoms with E-state index in [0.29, 0.717) is 12.8 Å². The van der Waals surface area contributed by atoms with Crippen LogP contribution in [0.5, 0.6) is 0 Å². The van der Waals surface area contributed by atoms with E-state index in [0.717, 1.165) is 5.76 Å². The molecule has 0 spiro atoms. The second-order valence-electron chi connectivity index (χ2n) is 4.36. The van der Waals surface area contributed by atoms with Crippen LogP contribution in [-0.2, 0) is 11.2 Å². The average Bonchev–Trinajstić information content (AvgIpc) is 2.76. The number of aryl methyl sites for hydroxylation is 1.